The number of rotatable bonds is 2. The van der Waals surface area contributed by atoms with Crippen molar-refractivity contribution in [2.45, 2.75) is 25.0 Å². The highest BCUT2D eigenvalue weighted by molar-refractivity contribution is 8.02. The molecule has 0 aromatic heterocycles. The molecule has 0 aromatic carbocycles. The van der Waals surface area contributed by atoms with Gasteiger partial charge in [0, 0.05) is 6.62 Å². The van der Waals surface area contributed by atoms with Crippen molar-refractivity contribution in [3.8, 4) is 0 Å². The van der Waals surface area contributed by atoms with E-state index >= 15 is 0 Å². The summed E-state index contributed by atoms with van der Waals surface area (Å²) < 4.78 is 7.34. The summed E-state index contributed by atoms with van der Waals surface area (Å²) in [6.07, 6.45) is 7.29. The summed E-state index contributed by atoms with van der Waals surface area (Å²) >= 11 is 1.80. The van der Waals surface area contributed by atoms with Crippen LogP contribution in [0.1, 0.15) is 21.1 Å². The van der Waals surface area contributed by atoms with Crippen molar-refractivity contribution in [3.05, 3.63) is 23.6 Å². The zero-order valence-electron chi connectivity index (χ0n) is 6.58. The molecule has 1 heteroatoms. The van der Waals surface area contributed by atoms with Crippen molar-refractivity contribution >= 4 is 11.8 Å². The van der Waals surface area contributed by atoms with Crippen LogP contribution in [0.5, 0.6) is 0 Å². The Hall–Kier alpha value is -0.170. The average Bonchev–Trinajstić information content (AvgIpc) is 1.88. The maximum absolute atomic E-state index is 7.34. The molecular weight excluding hydrogens is 128 g/mol. The summed E-state index contributed by atoms with van der Waals surface area (Å²) in [5.74, 6) is 0. The van der Waals surface area contributed by atoms with Gasteiger partial charge < -0.3 is 0 Å². The van der Waals surface area contributed by atoms with Gasteiger partial charge in [0.2, 0.25) is 0 Å². The third-order valence-corrected chi connectivity index (χ3v) is 2.25. The first-order valence-corrected chi connectivity index (χ1v) is 4.14. The Morgan fingerprint density at radius 3 is 3.11 bits per heavy atom. The van der Waals surface area contributed by atoms with Crippen LogP contribution < -0.4 is 0 Å². The molecule has 2 atom stereocenters. The summed E-state index contributed by atoms with van der Waals surface area (Å²) in [6.45, 7) is 1.94. The van der Waals surface area contributed by atoms with Gasteiger partial charge in [0.05, 0.1) is 0 Å². The molecule has 0 nitrogen and oxygen atoms in total. The molecule has 1 rings (SSSR count). The third kappa shape index (κ3) is 2.27. The molecule has 0 amide bonds. The first-order chi connectivity index (χ1) is 4.79. The van der Waals surface area contributed by atoms with Gasteiger partial charge in [-0.05, 0) is 11.8 Å². The van der Waals surface area contributed by atoms with Crippen LogP contribution >= 0.6 is 11.8 Å². The van der Waals surface area contributed by atoms with E-state index in [2.05, 4.69) is 17.6 Å². The van der Waals surface area contributed by atoms with Crippen molar-refractivity contribution in [1.29, 1.82) is 0 Å². The Labute approximate surface area is 62.4 Å². The Balaban J connectivity index is 2.30. The predicted octanol–water partition coefficient (Wildman–Crippen LogP) is 2.97. The molecule has 50 valence electrons. The SMILES string of the molecule is [2H]C(C)CC1C=CC=CS1. The van der Waals surface area contributed by atoms with Crippen LogP contribution in [0, 0.1) is 0 Å². The Morgan fingerprint density at radius 1 is 1.67 bits per heavy atom. The molecule has 1 aliphatic heterocycles. The minimum Gasteiger partial charge on any atom is -0.127 e. The van der Waals surface area contributed by atoms with Crippen LogP contribution in [0.4, 0.5) is 0 Å². The topological polar surface area (TPSA) is 0 Å². The second-order valence-electron chi connectivity index (χ2n) is 2.03. The van der Waals surface area contributed by atoms with Crippen molar-refractivity contribution in [1.82, 2.24) is 0 Å². The van der Waals surface area contributed by atoms with Gasteiger partial charge in [-0.25, -0.2) is 0 Å². The van der Waals surface area contributed by atoms with Crippen molar-refractivity contribution in [2.24, 2.45) is 0 Å². The maximum atomic E-state index is 7.34. The molecule has 0 saturated heterocycles. The molecule has 1 aliphatic rings. The third-order valence-electron chi connectivity index (χ3n) is 1.24. The van der Waals surface area contributed by atoms with E-state index in [4.69, 9.17) is 1.37 Å². The molecule has 0 saturated carbocycles. The van der Waals surface area contributed by atoms with Gasteiger partial charge in [-0.15, -0.1) is 11.8 Å². The highest BCUT2D eigenvalue weighted by Crippen LogP contribution is 2.21. The number of thioether (sulfide) groups is 1. The van der Waals surface area contributed by atoms with E-state index < -0.39 is 0 Å². The normalized spacial score (nSPS) is 29.9. The lowest BCUT2D eigenvalue weighted by atomic mass is 10.2. The molecule has 0 radical (unpaired) electrons. The minimum atomic E-state index is 0.0636. The molecule has 0 fully saturated rings. The second-order valence-corrected chi connectivity index (χ2v) is 3.18. The number of hydrogen-bond donors (Lipinski definition) is 0. The molecule has 0 N–H and O–H groups in total. The predicted molar refractivity (Wildman–Crippen MR) is 44.6 cm³/mol. The van der Waals surface area contributed by atoms with E-state index in [1.807, 2.05) is 13.0 Å². The first-order valence-electron chi connectivity index (χ1n) is 3.78. The largest absolute Gasteiger partial charge is 0.127 e. The van der Waals surface area contributed by atoms with E-state index in [0.717, 1.165) is 6.42 Å². The monoisotopic (exact) mass is 141 g/mol. The summed E-state index contributed by atoms with van der Waals surface area (Å²) in [5.41, 5.74) is 0. The molecule has 1 heterocycles. The Bertz CT molecular complexity index is 149. The van der Waals surface area contributed by atoms with E-state index in [9.17, 15) is 0 Å². The van der Waals surface area contributed by atoms with Crippen LogP contribution in [0.2, 0.25) is 0 Å². The molecular formula is C8H12S. The van der Waals surface area contributed by atoms with Crippen molar-refractivity contribution in [2.75, 3.05) is 0 Å². The maximum Gasteiger partial charge on any atom is 0.0271 e. The van der Waals surface area contributed by atoms with Crippen LogP contribution in [-0.2, 0) is 0 Å². The average molecular weight is 141 g/mol. The van der Waals surface area contributed by atoms with E-state index in [1.165, 1.54) is 0 Å². The fourth-order valence-electron chi connectivity index (χ4n) is 0.792. The summed E-state index contributed by atoms with van der Waals surface area (Å²) in [4.78, 5) is 0. The fraction of sp³-hybridized carbons (Fsp3) is 0.500. The zero-order chi connectivity index (χ0) is 7.40. The van der Waals surface area contributed by atoms with Gasteiger partial charge in [0.15, 0.2) is 0 Å². The van der Waals surface area contributed by atoms with Gasteiger partial charge in [-0.3, -0.25) is 0 Å². The smallest absolute Gasteiger partial charge is 0.0271 e. The van der Waals surface area contributed by atoms with Gasteiger partial charge in [-0.2, -0.15) is 0 Å². The quantitative estimate of drug-likeness (QED) is 0.569. The Morgan fingerprint density at radius 2 is 2.56 bits per heavy atom. The first kappa shape index (κ1) is 5.60. The summed E-state index contributed by atoms with van der Waals surface area (Å²) in [5, 5.41) is 2.63. The Kier molecular flexibility index (Phi) is 2.35. The van der Waals surface area contributed by atoms with Gasteiger partial charge in [-0.1, -0.05) is 31.5 Å². The van der Waals surface area contributed by atoms with Crippen molar-refractivity contribution in [3.63, 3.8) is 0 Å². The van der Waals surface area contributed by atoms with Crippen LogP contribution in [-0.4, -0.2) is 5.25 Å². The van der Waals surface area contributed by atoms with Crippen LogP contribution in [0.3, 0.4) is 0 Å². The standard InChI is InChI=1S/C8H12S/c1-2-5-8-6-3-4-7-9-8/h3-4,6-8H,2,5H2,1H3/i2D. The molecule has 0 aromatic rings. The van der Waals surface area contributed by atoms with Crippen LogP contribution in [0.25, 0.3) is 0 Å². The van der Waals surface area contributed by atoms with Crippen LogP contribution in [0.15, 0.2) is 23.6 Å². The lowest BCUT2D eigenvalue weighted by Gasteiger charge is -2.09. The lowest BCUT2D eigenvalue weighted by Crippen LogP contribution is -1.96. The molecule has 0 aliphatic carbocycles. The van der Waals surface area contributed by atoms with Crippen molar-refractivity contribution < 1.29 is 1.37 Å². The lowest BCUT2D eigenvalue weighted by molar-refractivity contribution is 0.828. The van der Waals surface area contributed by atoms with Gasteiger partial charge >= 0.3 is 0 Å². The highest BCUT2D eigenvalue weighted by Gasteiger charge is 2.02. The summed E-state index contributed by atoms with van der Waals surface area (Å²) in [6, 6.07) is 0. The second kappa shape index (κ2) is 3.78. The number of hydrogen-bond acceptors (Lipinski definition) is 1. The summed E-state index contributed by atoms with van der Waals surface area (Å²) in [7, 11) is 0. The minimum absolute atomic E-state index is 0.0636. The number of allylic oxidation sites excluding steroid dienone is 2. The molecule has 0 bridgehead atoms. The highest BCUT2D eigenvalue weighted by atomic mass is 32.2. The van der Waals surface area contributed by atoms with E-state index in [-0.39, 0.29) is 6.40 Å². The zero-order valence-corrected chi connectivity index (χ0v) is 6.40. The van der Waals surface area contributed by atoms with E-state index in [1.54, 1.807) is 11.8 Å². The fourth-order valence-corrected chi connectivity index (χ4v) is 1.66. The van der Waals surface area contributed by atoms with Gasteiger partial charge in [0.1, 0.15) is 0 Å². The molecule has 0 spiro atoms. The van der Waals surface area contributed by atoms with Gasteiger partial charge in [0.25, 0.3) is 0 Å². The molecule has 9 heavy (non-hydrogen) atoms. The molecule has 2 unspecified atom stereocenters. The van der Waals surface area contributed by atoms with E-state index in [0.29, 0.717) is 5.25 Å².